The molecule has 0 saturated carbocycles. The highest BCUT2D eigenvalue weighted by atomic mass is 35.5. The zero-order valence-electron chi connectivity index (χ0n) is 10.8. The molecule has 2 aromatic carbocycles. The Morgan fingerprint density at radius 2 is 1.80 bits per heavy atom. The van der Waals surface area contributed by atoms with Gasteiger partial charge in [-0.25, -0.2) is 0 Å². The van der Waals surface area contributed by atoms with Crippen molar-refractivity contribution in [3.8, 4) is 0 Å². The average molecular weight is 289 g/mol. The van der Waals surface area contributed by atoms with Crippen LogP contribution in [0, 0.1) is 0 Å². The fourth-order valence-corrected chi connectivity index (χ4v) is 2.06. The third kappa shape index (κ3) is 2.97. The van der Waals surface area contributed by atoms with Crippen molar-refractivity contribution in [2.75, 3.05) is 17.7 Å². The van der Waals surface area contributed by atoms with Crippen molar-refractivity contribution in [2.45, 2.75) is 0 Å². The molecule has 0 aliphatic rings. The normalized spacial score (nSPS) is 10.1. The van der Waals surface area contributed by atoms with Crippen LogP contribution in [0.25, 0.3) is 0 Å². The van der Waals surface area contributed by atoms with Crippen LogP contribution in [0.1, 0.15) is 15.9 Å². The number of ketones is 1. The molecule has 0 saturated heterocycles. The van der Waals surface area contributed by atoms with E-state index in [4.69, 9.17) is 17.3 Å². The summed E-state index contributed by atoms with van der Waals surface area (Å²) in [4.78, 5) is 24.4. The number of nitrogens with zero attached hydrogens (tertiary/aromatic N) is 1. The lowest BCUT2D eigenvalue weighted by molar-refractivity contribution is -0.107. The van der Waals surface area contributed by atoms with Crippen molar-refractivity contribution < 1.29 is 9.59 Å². The maximum atomic E-state index is 12.3. The minimum atomic E-state index is -0.167. The highest BCUT2D eigenvalue weighted by Crippen LogP contribution is 2.20. The Balaban J connectivity index is 2.31. The summed E-state index contributed by atoms with van der Waals surface area (Å²) in [5, 5.41) is 0.422. The number of amides is 1. The minimum Gasteiger partial charge on any atom is -0.399 e. The van der Waals surface area contributed by atoms with Crippen LogP contribution in [0.15, 0.2) is 42.5 Å². The molecule has 0 heterocycles. The maximum absolute atomic E-state index is 12.3. The minimum absolute atomic E-state index is 0.167. The van der Waals surface area contributed by atoms with Crippen molar-refractivity contribution in [1.82, 2.24) is 0 Å². The van der Waals surface area contributed by atoms with Crippen molar-refractivity contribution in [1.29, 1.82) is 0 Å². The summed E-state index contributed by atoms with van der Waals surface area (Å²) in [6, 6.07) is 11.5. The number of hydrogen-bond donors (Lipinski definition) is 1. The van der Waals surface area contributed by atoms with E-state index in [0.29, 0.717) is 33.9 Å². The number of halogens is 1. The third-order valence-corrected chi connectivity index (χ3v) is 3.10. The predicted molar refractivity (Wildman–Crippen MR) is 80.2 cm³/mol. The molecule has 1 amide bonds. The third-order valence-electron chi connectivity index (χ3n) is 2.88. The molecule has 0 unspecified atom stereocenters. The molecule has 0 bridgehead atoms. The summed E-state index contributed by atoms with van der Waals surface area (Å²) in [6.45, 7) is 0. The summed E-state index contributed by atoms with van der Waals surface area (Å²) in [7, 11) is 1.64. The Morgan fingerprint density at radius 1 is 1.15 bits per heavy atom. The van der Waals surface area contributed by atoms with E-state index in [1.54, 1.807) is 49.5 Å². The molecule has 0 radical (unpaired) electrons. The van der Waals surface area contributed by atoms with E-state index in [1.165, 1.54) is 4.90 Å². The maximum Gasteiger partial charge on any atom is 0.213 e. The summed E-state index contributed by atoms with van der Waals surface area (Å²) >= 11 is 5.89. The van der Waals surface area contributed by atoms with Gasteiger partial charge in [0.1, 0.15) is 0 Å². The second-order valence-corrected chi connectivity index (χ2v) is 4.80. The van der Waals surface area contributed by atoms with Crippen molar-refractivity contribution in [2.24, 2.45) is 0 Å². The Morgan fingerprint density at radius 3 is 2.35 bits per heavy atom. The van der Waals surface area contributed by atoms with Gasteiger partial charge in [-0.3, -0.25) is 9.59 Å². The number of carbonyl (C=O) groups is 2. The number of carbonyl (C=O) groups excluding carboxylic acids is 2. The molecule has 0 spiro atoms. The summed E-state index contributed by atoms with van der Waals surface area (Å²) in [6.07, 6.45) is 0.703. The first-order valence-electron chi connectivity index (χ1n) is 5.90. The van der Waals surface area contributed by atoms with E-state index < -0.39 is 0 Å². The van der Waals surface area contributed by atoms with Gasteiger partial charge in [-0.2, -0.15) is 0 Å². The van der Waals surface area contributed by atoms with Gasteiger partial charge in [0.2, 0.25) is 6.41 Å². The lowest BCUT2D eigenvalue weighted by Crippen LogP contribution is -2.13. The zero-order valence-corrected chi connectivity index (χ0v) is 11.6. The van der Waals surface area contributed by atoms with Crippen molar-refractivity contribution in [3.05, 3.63) is 58.6 Å². The van der Waals surface area contributed by atoms with Gasteiger partial charge < -0.3 is 10.6 Å². The van der Waals surface area contributed by atoms with Crippen LogP contribution < -0.4 is 10.6 Å². The van der Waals surface area contributed by atoms with Gasteiger partial charge in [-0.15, -0.1) is 0 Å². The van der Waals surface area contributed by atoms with E-state index in [0.717, 1.165) is 0 Å². The Labute approximate surface area is 121 Å². The van der Waals surface area contributed by atoms with Crippen LogP contribution in [0.4, 0.5) is 11.4 Å². The van der Waals surface area contributed by atoms with Crippen LogP contribution in [-0.2, 0) is 4.79 Å². The number of hydrogen-bond acceptors (Lipinski definition) is 3. The second-order valence-electron chi connectivity index (χ2n) is 4.37. The molecule has 0 aromatic heterocycles. The summed E-state index contributed by atoms with van der Waals surface area (Å²) in [5.74, 6) is -0.167. The van der Waals surface area contributed by atoms with Gasteiger partial charge in [0.15, 0.2) is 5.78 Å². The lowest BCUT2D eigenvalue weighted by Gasteiger charge is -2.11. The van der Waals surface area contributed by atoms with Crippen LogP contribution in [0.3, 0.4) is 0 Å². The van der Waals surface area contributed by atoms with Gasteiger partial charge in [0.05, 0.1) is 0 Å². The fraction of sp³-hybridized carbons (Fsp3) is 0.0667. The molecule has 20 heavy (non-hydrogen) atoms. The second kappa shape index (κ2) is 5.75. The molecule has 0 atom stereocenters. The molecule has 2 N–H and O–H groups in total. The Hall–Kier alpha value is -2.33. The molecule has 0 aliphatic heterocycles. The smallest absolute Gasteiger partial charge is 0.213 e. The van der Waals surface area contributed by atoms with E-state index in [1.807, 2.05) is 0 Å². The van der Waals surface area contributed by atoms with E-state index in [2.05, 4.69) is 0 Å². The number of nitrogen functional groups attached to an aromatic ring is 1. The molecular weight excluding hydrogens is 276 g/mol. The van der Waals surface area contributed by atoms with Crippen LogP contribution in [0.5, 0.6) is 0 Å². The fourth-order valence-electron chi connectivity index (χ4n) is 1.82. The standard InChI is InChI=1S/C15H13ClN2O2/c1-18(9-19)14-4-2-10(3-5-14)15(20)11-6-12(16)8-13(17)7-11/h2-9H,17H2,1H3. The highest BCUT2D eigenvalue weighted by molar-refractivity contribution is 6.31. The van der Waals surface area contributed by atoms with E-state index in [-0.39, 0.29) is 5.78 Å². The van der Waals surface area contributed by atoms with Crippen LogP contribution in [0.2, 0.25) is 5.02 Å². The SMILES string of the molecule is CN(C=O)c1ccc(C(=O)c2cc(N)cc(Cl)c2)cc1. The number of nitrogens with two attached hydrogens (primary N) is 1. The van der Waals surface area contributed by atoms with Crippen molar-refractivity contribution >= 4 is 35.2 Å². The van der Waals surface area contributed by atoms with Crippen molar-refractivity contribution in [3.63, 3.8) is 0 Å². The summed E-state index contributed by atoms with van der Waals surface area (Å²) in [5.41, 5.74) is 7.77. The monoisotopic (exact) mass is 288 g/mol. The average Bonchev–Trinajstić information content (AvgIpc) is 2.45. The van der Waals surface area contributed by atoms with Gasteiger partial charge in [-0.05, 0) is 42.5 Å². The largest absolute Gasteiger partial charge is 0.399 e. The van der Waals surface area contributed by atoms with Gasteiger partial charge in [-0.1, -0.05) is 11.6 Å². The molecule has 0 fully saturated rings. The van der Waals surface area contributed by atoms with E-state index in [9.17, 15) is 9.59 Å². The molecule has 0 aliphatic carbocycles. The highest BCUT2D eigenvalue weighted by Gasteiger charge is 2.11. The summed E-state index contributed by atoms with van der Waals surface area (Å²) < 4.78 is 0. The Kier molecular flexibility index (Phi) is 4.05. The van der Waals surface area contributed by atoms with Gasteiger partial charge >= 0.3 is 0 Å². The molecule has 102 valence electrons. The molecular formula is C15H13ClN2O2. The van der Waals surface area contributed by atoms with Gasteiger partial charge in [0.25, 0.3) is 0 Å². The topological polar surface area (TPSA) is 63.4 Å². The zero-order chi connectivity index (χ0) is 14.7. The molecule has 5 heteroatoms. The number of benzene rings is 2. The first kappa shape index (κ1) is 14.1. The molecule has 2 aromatic rings. The molecule has 2 rings (SSSR count). The van der Waals surface area contributed by atoms with E-state index >= 15 is 0 Å². The number of anilines is 2. The first-order chi connectivity index (χ1) is 9.51. The predicted octanol–water partition coefficient (Wildman–Crippen LogP) is 2.75. The van der Waals surface area contributed by atoms with Crippen LogP contribution in [-0.4, -0.2) is 19.2 Å². The van der Waals surface area contributed by atoms with Crippen LogP contribution >= 0.6 is 11.6 Å². The quantitative estimate of drug-likeness (QED) is 0.534. The lowest BCUT2D eigenvalue weighted by atomic mass is 10.0. The van der Waals surface area contributed by atoms with Gasteiger partial charge in [0, 0.05) is 34.6 Å². The first-order valence-corrected chi connectivity index (χ1v) is 6.28. The number of rotatable bonds is 4. The Bertz CT molecular complexity index is 633. The molecule has 4 nitrogen and oxygen atoms in total.